The number of nitrogens with zero attached hydrogens (tertiary/aromatic N) is 1. The number of imide groups is 1. The Kier molecular flexibility index (Phi) is 3.51. The normalized spacial score (nSPS) is 16.5. The van der Waals surface area contributed by atoms with Crippen molar-refractivity contribution in [2.24, 2.45) is 0 Å². The summed E-state index contributed by atoms with van der Waals surface area (Å²) >= 11 is 12.8. The summed E-state index contributed by atoms with van der Waals surface area (Å²) in [5.41, 5.74) is 0.285. The zero-order chi connectivity index (χ0) is 12.6. The molecule has 0 aromatic heterocycles. The van der Waals surface area contributed by atoms with E-state index in [-0.39, 0.29) is 44.8 Å². The number of aromatic hydroxyl groups is 1. The first-order valence-electron chi connectivity index (χ1n) is 4.62. The van der Waals surface area contributed by atoms with Crippen LogP contribution in [-0.4, -0.2) is 28.4 Å². The Balaban J connectivity index is 2.45. The van der Waals surface area contributed by atoms with Crippen LogP contribution in [0.5, 0.6) is 5.75 Å². The van der Waals surface area contributed by atoms with E-state index in [1.165, 1.54) is 23.9 Å². The van der Waals surface area contributed by atoms with Gasteiger partial charge in [-0.3, -0.25) is 9.59 Å². The maximum atomic E-state index is 11.6. The molecule has 0 atom stereocenters. The minimum Gasteiger partial charge on any atom is -0.505 e. The molecule has 1 fully saturated rings. The minimum absolute atomic E-state index is 0.00586. The number of benzene rings is 1. The number of anilines is 1. The number of rotatable bonds is 1. The molecule has 1 aliphatic heterocycles. The van der Waals surface area contributed by atoms with Crippen LogP contribution < -0.4 is 4.90 Å². The number of hydrogen-bond donors (Lipinski definition) is 1. The average Bonchev–Trinajstić information content (AvgIpc) is 2.25. The standard InChI is InChI=1S/C10H7Cl2NO3S/c11-6-1-5(2-7(12)10(6)16)13-8(14)3-17-4-9(13)15/h1-2,16H,3-4H2. The fraction of sp³-hybridized carbons (Fsp3) is 0.200. The molecule has 0 spiro atoms. The number of carbonyl (C=O) groups is 2. The largest absolute Gasteiger partial charge is 0.505 e. The van der Waals surface area contributed by atoms with Crippen LogP contribution in [0.2, 0.25) is 10.0 Å². The van der Waals surface area contributed by atoms with Gasteiger partial charge in [-0.15, -0.1) is 11.8 Å². The third-order valence-corrected chi connectivity index (χ3v) is 3.69. The lowest BCUT2D eigenvalue weighted by Gasteiger charge is -2.25. The van der Waals surface area contributed by atoms with Crippen LogP contribution >= 0.6 is 35.0 Å². The zero-order valence-corrected chi connectivity index (χ0v) is 10.8. The van der Waals surface area contributed by atoms with Crippen molar-refractivity contribution in [2.75, 3.05) is 16.4 Å². The van der Waals surface area contributed by atoms with Crippen LogP contribution in [0.15, 0.2) is 12.1 Å². The maximum absolute atomic E-state index is 11.6. The van der Waals surface area contributed by atoms with Crippen molar-refractivity contribution in [3.8, 4) is 5.75 Å². The molecule has 2 rings (SSSR count). The Morgan fingerprint density at radius 3 is 2.06 bits per heavy atom. The predicted molar refractivity (Wildman–Crippen MR) is 67.9 cm³/mol. The molecule has 1 N–H and O–H groups in total. The SMILES string of the molecule is O=C1CSCC(=O)N1c1cc(Cl)c(O)c(Cl)c1. The third-order valence-electron chi connectivity index (χ3n) is 2.21. The van der Waals surface area contributed by atoms with Crippen molar-refractivity contribution in [1.82, 2.24) is 0 Å². The summed E-state index contributed by atoms with van der Waals surface area (Å²) in [7, 11) is 0. The highest BCUT2D eigenvalue weighted by molar-refractivity contribution is 8.00. The summed E-state index contributed by atoms with van der Waals surface area (Å²) in [6.45, 7) is 0. The first-order chi connectivity index (χ1) is 8.00. The quantitative estimate of drug-likeness (QED) is 0.807. The molecule has 7 heteroatoms. The van der Waals surface area contributed by atoms with Gasteiger partial charge in [-0.2, -0.15) is 0 Å². The molecule has 0 bridgehead atoms. The molecule has 90 valence electrons. The molecule has 1 saturated heterocycles. The van der Waals surface area contributed by atoms with Gasteiger partial charge < -0.3 is 5.11 Å². The highest BCUT2D eigenvalue weighted by Gasteiger charge is 2.28. The van der Waals surface area contributed by atoms with Crippen molar-refractivity contribution < 1.29 is 14.7 Å². The van der Waals surface area contributed by atoms with Gasteiger partial charge in [0.05, 0.1) is 27.2 Å². The van der Waals surface area contributed by atoms with E-state index in [9.17, 15) is 14.7 Å². The summed E-state index contributed by atoms with van der Waals surface area (Å²) < 4.78 is 0. The van der Waals surface area contributed by atoms with Gasteiger partial charge in [-0.1, -0.05) is 23.2 Å². The summed E-state index contributed by atoms with van der Waals surface area (Å²) in [4.78, 5) is 24.3. The van der Waals surface area contributed by atoms with E-state index in [1.807, 2.05) is 0 Å². The summed E-state index contributed by atoms with van der Waals surface area (Å²) in [5.74, 6) is -0.416. The molecule has 0 radical (unpaired) electrons. The van der Waals surface area contributed by atoms with Gasteiger partial charge in [0, 0.05) is 0 Å². The number of thioether (sulfide) groups is 1. The van der Waals surface area contributed by atoms with Crippen molar-refractivity contribution in [3.05, 3.63) is 22.2 Å². The van der Waals surface area contributed by atoms with Crippen LogP contribution in [-0.2, 0) is 9.59 Å². The van der Waals surface area contributed by atoms with Gasteiger partial charge in [0.1, 0.15) is 0 Å². The molecule has 4 nitrogen and oxygen atoms in total. The van der Waals surface area contributed by atoms with E-state index in [4.69, 9.17) is 23.2 Å². The van der Waals surface area contributed by atoms with Gasteiger partial charge in [-0.05, 0) is 12.1 Å². The van der Waals surface area contributed by atoms with E-state index in [2.05, 4.69) is 0 Å². The second-order valence-electron chi connectivity index (χ2n) is 3.37. The number of halogens is 2. The molecule has 0 unspecified atom stereocenters. The van der Waals surface area contributed by atoms with Crippen LogP contribution in [0.3, 0.4) is 0 Å². The van der Waals surface area contributed by atoms with Gasteiger partial charge in [-0.25, -0.2) is 4.90 Å². The van der Waals surface area contributed by atoms with E-state index >= 15 is 0 Å². The second kappa shape index (κ2) is 4.76. The molecule has 0 aliphatic carbocycles. The third kappa shape index (κ3) is 2.36. The van der Waals surface area contributed by atoms with E-state index in [1.54, 1.807) is 0 Å². The summed E-state index contributed by atoms with van der Waals surface area (Å²) in [5, 5.41) is 9.42. The van der Waals surface area contributed by atoms with Crippen LogP contribution in [0.25, 0.3) is 0 Å². The minimum atomic E-state index is -0.316. The van der Waals surface area contributed by atoms with Crippen molar-refractivity contribution in [2.45, 2.75) is 0 Å². The number of amides is 2. The average molecular weight is 292 g/mol. The van der Waals surface area contributed by atoms with Crippen molar-refractivity contribution >= 4 is 52.5 Å². The molecule has 1 aromatic carbocycles. The summed E-state index contributed by atoms with van der Waals surface area (Å²) in [6, 6.07) is 2.68. The Morgan fingerprint density at radius 2 is 1.59 bits per heavy atom. The van der Waals surface area contributed by atoms with Gasteiger partial charge in [0.25, 0.3) is 0 Å². The van der Waals surface area contributed by atoms with Crippen LogP contribution in [0.4, 0.5) is 5.69 Å². The van der Waals surface area contributed by atoms with Gasteiger partial charge >= 0.3 is 0 Å². The van der Waals surface area contributed by atoms with Gasteiger partial charge in [0.2, 0.25) is 11.8 Å². The smallest absolute Gasteiger partial charge is 0.243 e. The molecule has 1 aromatic rings. The Morgan fingerprint density at radius 1 is 1.12 bits per heavy atom. The first kappa shape index (κ1) is 12.5. The van der Waals surface area contributed by atoms with Crippen LogP contribution in [0.1, 0.15) is 0 Å². The molecule has 2 amide bonds. The molecule has 17 heavy (non-hydrogen) atoms. The molecule has 1 aliphatic rings. The molecular weight excluding hydrogens is 285 g/mol. The Labute approximate surface area is 111 Å². The predicted octanol–water partition coefficient (Wildman–Crippen LogP) is 2.31. The fourth-order valence-corrected chi connectivity index (χ4v) is 2.65. The van der Waals surface area contributed by atoms with Gasteiger partial charge in [0.15, 0.2) is 5.75 Å². The van der Waals surface area contributed by atoms with E-state index in [0.29, 0.717) is 0 Å². The molecular formula is C10H7Cl2NO3S. The number of hydrogen-bond acceptors (Lipinski definition) is 4. The lowest BCUT2D eigenvalue weighted by Crippen LogP contribution is -2.43. The number of phenolic OH excluding ortho intramolecular Hbond substituents is 1. The monoisotopic (exact) mass is 291 g/mol. The Hall–Kier alpha value is -0.910. The van der Waals surface area contributed by atoms with Crippen molar-refractivity contribution in [1.29, 1.82) is 0 Å². The molecule has 1 heterocycles. The highest BCUT2D eigenvalue weighted by atomic mass is 35.5. The second-order valence-corrected chi connectivity index (χ2v) is 5.17. The van der Waals surface area contributed by atoms with Crippen molar-refractivity contribution in [3.63, 3.8) is 0 Å². The molecule has 0 saturated carbocycles. The van der Waals surface area contributed by atoms with E-state index < -0.39 is 0 Å². The fourth-order valence-electron chi connectivity index (χ4n) is 1.46. The Bertz CT molecular complexity index is 467. The number of carbonyl (C=O) groups excluding carboxylic acids is 2. The highest BCUT2D eigenvalue weighted by Crippen LogP contribution is 2.36. The summed E-state index contributed by atoms with van der Waals surface area (Å²) in [6.07, 6.45) is 0. The number of phenols is 1. The first-order valence-corrected chi connectivity index (χ1v) is 6.53. The van der Waals surface area contributed by atoms with E-state index in [0.717, 1.165) is 4.90 Å². The lowest BCUT2D eigenvalue weighted by molar-refractivity contribution is -0.124. The van der Waals surface area contributed by atoms with Crippen LogP contribution in [0, 0.1) is 0 Å². The zero-order valence-electron chi connectivity index (χ0n) is 8.44. The lowest BCUT2D eigenvalue weighted by atomic mass is 10.2. The maximum Gasteiger partial charge on any atom is 0.243 e. The topological polar surface area (TPSA) is 57.6 Å².